The number of hydrogen-bond acceptors (Lipinski definition) is 3. The number of benzene rings is 1. The minimum atomic E-state index is 0.922. The van der Waals surface area contributed by atoms with E-state index < -0.39 is 0 Å². The minimum Gasteiger partial charge on any atom is -0.411 e. The van der Waals surface area contributed by atoms with Gasteiger partial charge < -0.3 is 10.5 Å². The summed E-state index contributed by atoms with van der Waals surface area (Å²) in [7, 11) is 0. The average molecular weight is 162 g/mol. The molecule has 0 spiro atoms. The molecule has 0 radical (unpaired) electrons. The summed E-state index contributed by atoms with van der Waals surface area (Å²) in [6.07, 6.45) is 2.52. The third kappa shape index (κ3) is 1.13. The molecule has 62 valence electrons. The Kier molecular flexibility index (Phi) is 1.70. The molecule has 2 N–H and O–H groups in total. The van der Waals surface area contributed by atoms with Crippen LogP contribution in [0, 0.1) is 0 Å². The maximum absolute atomic E-state index is 8.32. The Morgan fingerprint density at radius 3 is 3.25 bits per heavy atom. The smallest absolute Gasteiger partial charge is 0.0734 e. The molecule has 12 heavy (non-hydrogen) atoms. The summed E-state index contributed by atoms with van der Waals surface area (Å²) in [5.41, 5.74) is 3.42. The predicted octanol–water partition coefficient (Wildman–Crippen LogP) is 1.46. The number of fused-ring (bicyclic) bond motifs is 1. The molecular weight excluding hydrogens is 152 g/mol. The SMILES string of the molecule is O/N=C/c1ccc2c(c1)NCC2. The van der Waals surface area contributed by atoms with E-state index in [0.29, 0.717) is 0 Å². The van der Waals surface area contributed by atoms with E-state index in [0.717, 1.165) is 24.2 Å². The number of oxime groups is 1. The van der Waals surface area contributed by atoms with E-state index in [4.69, 9.17) is 5.21 Å². The molecule has 1 aromatic carbocycles. The van der Waals surface area contributed by atoms with Crippen LogP contribution in [0.15, 0.2) is 23.4 Å². The average Bonchev–Trinajstić information content (AvgIpc) is 2.51. The van der Waals surface area contributed by atoms with Crippen molar-refractivity contribution in [3.05, 3.63) is 29.3 Å². The predicted molar refractivity (Wildman–Crippen MR) is 48.0 cm³/mol. The van der Waals surface area contributed by atoms with E-state index in [1.54, 1.807) is 0 Å². The van der Waals surface area contributed by atoms with Crippen molar-refractivity contribution in [3.8, 4) is 0 Å². The van der Waals surface area contributed by atoms with Crippen molar-refractivity contribution >= 4 is 11.9 Å². The summed E-state index contributed by atoms with van der Waals surface area (Å²) >= 11 is 0. The maximum Gasteiger partial charge on any atom is 0.0734 e. The van der Waals surface area contributed by atoms with E-state index in [1.807, 2.05) is 12.1 Å². The molecule has 0 saturated heterocycles. The Labute approximate surface area is 70.7 Å². The van der Waals surface area contributed by atoms with Crippen LogP contribution in [0.4, 0.5) is 5.69 Å². The topological polar surface area (TPSA) is 44.6 Å². The molecule has 1 aromatic rings. The van der Waals surface area contributed by atoms with Gasteiger partial charge in [0.2, 0.25) is 0 Å². The first-order chi connectivity index (χ1) is 5.90. The summed E-state index contributed by atoms with van der Waals surface area (Å²) < 4.78 is 0. The van der Waals surface area contributed by atoms with Crippen molar-refractivity contribution in [2.75, 3.05) is 11.9 Å². The standard InChI is InChI=1S/C9H10N2O/c12-11-6-7-1-2-8-3-4-10-9(8)5-7/h1-2,5-6,10,12H,3-4H2/b11-6+. The van der Waals surface area contributed by atoms with E-state index in [2.05, 4.69) is 16.5 Å². The fourth-order valence-electron chi connectivity index (χ4n) is 1.46. The van der Waals surface area contributed by atoms with E-state index in [-0.39, 0.29) is 0 Å². The summed E-state index contributed by atoms with van der Waals surface area (Å²) in [6.45, 7) is 1.01. The lowest BCUT2D eigenvalue weighted by Crippen LogP contribution is -1.91. The first-order valence-corrected chi connectivity index (χ1v) is 3.94. The minimum absolute atomic E-state index is 0.922. The van der Waals surface area contributed by atoms with Gasteiger partial charge in [-0.05, 0) is 23.6 Å². The largest absolute Gasteiger partial charge is 0.411 e. The van der Waals surface area contributed by atoms with Crippen LogP contribution in [0.25, 0.3) is 0 Å². The van der Waals surface area contributed by atoms with Gasteiger partial charge in [0, 0.05) is 12.2 Å². The molecule has 0 amide bonds. The van der Waals surface area contributed by atoms with E-state index in [9.17, 15) is 0 Å². The highest BCUT2D eigenvalue weighted by Crippen LogP contribution is 2.22. The zero-order chi connectivity index (χ0) is 8.39. The van der Waals surface area contributed by atoms with Crippen LogP contribution >= 0.6 is 0 Å². The van der Waals surface area contributed by atoms with Gasteiger partial charge in [-0.15, -0.1) is 0 Å². The van der Waals surface area contributed by atoms with Crippen LogP contribution in [0.2, 0.25) is 0 Å². The van der Waals surface area contributed by atoms with Crippen molar-refractivity contribution in [2.24, 2.45) is 5.16 Å². The van der Waals surface area contributed by atoms with Gasteiger partial charge in [-0.3, -0.25) is 0 Å². The Morgan fingerprint density at radius 2 is 2.42 bits per heavy atom. The van der Waals surface area contributed by atoms with Crippen LogP contribution in [0.1, 0.15) is 11.1 Å². The van der Waals surface area contributed by atoms with E-state index in [1.165, 1.54) is 11.8 Å². The lowest BCUT2D eigenvalue weighted by molar-refractivity contribution is 0.322. The zero-order valence-electron chi connectivity index (χ0n) is 6.62. The molecule has 0 saturated carbocycles. The van der Waals surface area contributed by atoms with Crippen LogP contribution in [-0.2, 0) is 6.42 Å². The van der Waals surface area contributed by atoms with Crippen molar-refractivity contribution in [1.29, 1.82) is 0 Å². The molecule has 0 aliphatic carbocycles. The van der Waals surface area contributed by atoms with Crippen LogP contribution in [0.5, 0.6) is 0 Å². The van der Waals surface area contributed by atoms with Gasteiger partial charge in [0.15, 0.2) is 0 Å². The molecule has 3 nitrogen and oxygen atoms in total. The van der Waals surface area contributed by atoms with Crippen molar-refractivity contribution in [2.45, 2.75) is 6.42 Å². The van der Waals surface area contributed by atoms with Gasteiger partial charge in [-0.1, -0.05) is 17.3 Å². The summed E-state index contributed by atoms with van der Waals surface area (Å²) in [5.74, 6) is 0. The highest BCUT2D eigenvalue weighted by Gasteiger charge is 2.08. The Morgan fingerprint density at radius 1 is 1.50 bits per heavy atom. The van der Waals surface area contributed by atoms with Gasteiger partial charge in [0.05, 0.1) is 6.21 Å². The lowest BCUT2D eigenvalue weighted by atomic mass is 10.1. The molecule has 0 fully saturated rings. The van der Waals surface area contributed by atoms with Crippen LogP contribution in [-0.4, -0.2) is 18.0 Å². The third-order valence-corrected chi connectivity index (χ3v) is 2.05. The molecule has 0 aromatic heterocycles. The quantitative estimate of drug-likeness (QED) is 0.373. The van der Waals surface area contributed by atoms with Gasteiger partial charge in [-0.2, -0.15) is 0 Å². The summed E-state index contributed by atoms with van der Waals surface area (Å²) in [4.78, 5) is 0. The van der Waals surface area contributed by atoms with Crippen molar-refractivity contribution in [3.63, 3.8) is 0 Å². The molecule has 1 heterocycles. The Balaban J connectivity index is 2.38. The Hall–Kier alpha value is -1.51. The third-order valence-electron chi connectivity index (χ3n) is 2.05. The van der Waals surface area contributed by atoms with Crippen LogP contribution < -0.4 is 5.32 Å². The Bertz CT molecular complexity index is 320. The van der Waals surface area contributed by atoms with Gasteiger partial charge >= 0.3 is 0 Å². The fraction of sp³-hybridized carbons (Fsp3) is 0.222. The number of nitrogens with zero attached hydrogens (tertiary/aromatic N) is 1. The first-order valence-electron chi connectivity index (χ1n) is 3.94. The normalized spacial score (nSPS) is 14.7. The summed E-state index contributed by atoms with van der Waals surface area (Å²) in [6, 6.07) is 6.00. The van der Waals surface area contributed by atoms with Crippen molar-refractivity contribution in [1.82, 2.24) is 0 Å². The van der Waals surface area contributed by atoms with Gasteiger partial charge in [0.1, 0.15) is 0 Å². The maximum atomic E-state index is 8.32. The monoisotopic (exact) mass is 162 g/mol. The molecule has 1 aliphatic rings. The molecule has 1 aliphatic heterocycles. The van der Waals surface area contributed by atoms with Crippen LogP contribution in [0.3, 0.4) is 0 Å². The molecule has 0 bridgehead atoms. The highest BCUT2D eigenvalue weighted by atomic mass is 16.4. The molecular formula is C9H10N2O. The first kappa shape index (κ1) is 7.16. The lowest BCUT2D eigenvalue weighted by Gasteiger charge is -1.99. The number of anilines is 1. The molecule has 2 rings (SSSR count). The molecule has 0 unspecified atom stereocenters. The zero-order valence-corrected chi connectivity index (χ0v) is 6.62. The van der Waals surface area contributed by atoms with Crippen molar-refractivity contribution < 1.29 is 5.21 Å². The fourth-order valence-corrected chi connectivity index (χ4v) is 1.46. The van der Waals surface area contributed by atoms with E-state index >= 15 is 0 Å². The molecule has 3 heteroatoms. The highest BCUT2D eigenvalue weighted by molar-refractivity contribution is 5.81. The van der Waals surface area contributed by atoms with Gasteiger partial charge in [-0.25, -0.2) is 0 Å². The second-order valence-electron chi connectivity index (χ2n) is 2.84. The summed E-state index contributed by atoms with van der Waals surface area (Å²) in [5, 5.41) is 14.6. The number of nitrogens with one attached hydrogen (secondary N) is 1. The number of hydrogen-bond donors (Lipinski definition) is 2. The second-order valence-corrected chi connectivity index (χ2v) is 2.84. The molecule has 0 atom stereocenters. The number of rotatable bonds is 1. The van der Waals surface area contributed by atoms with Gasteiger partial charge in [0.25, 0.3) is 0 Å². The second kappa shape index (κ2) is 2.85.